The van der Waals surface area contributed by atoms with Gasteiger partial charge in [0.1, 0.15) is 0 Å². The molecule has 0 saturated heterocycles. The maximum atomic E-state index is 9.62. The summed E-state index contributed by atoms with van der Waals surface area (Å²) in [5, 5.41) is 54.2. The van der Waals surface area contributed by atoms with Crippen molar-refractivity contribution in [2.75, 3.05) is 0 Å². The van der Waals surface area contributed by atoms with Crippen LogP contribution in [0.2, 0.25) is 0 Å². The van der Waals surface area contributed by atoms with Gasteiger partial charge in [0, 0.05) is 0 Å². The van der Waals surface area contributed by atoms with E-state index in [-0.39, 0.29) is 18.9 Å². The second-order valence-corrected chi connectivity index (χ2v) is 12.7. The van der Waals surface area contributed by atoms with Crippen molar-refractivity contribution in [1.82, 2.24) is 0 Å². The minimum atomic E-state index is -2.42. The fourth-order valence-corrected chi connectivity index (χ4v) is 0. The van der Waals surface area contributed by atoms with Gasteiger partial charge in [-0.25, -0.2) is 19.2 Å². The predicted molar refractivity (Wildman–Crippen MR) is 122 cm³/mol. The molecule has 0 amide bonds. The van der Waals surface area contributed by atoms with E-state index < -0.39 is 46.4 Å². The molecule has 0 aromatic rings. The number of carboxylic acids is 4. The first-order valence-corrected chi connectivity index (χ1v) is 10.3. The van der Waals surface area contributed by atoms with E-state index >= 15 is 0 Å². The monoisotopic (exact) mass is 716 g/mol. The predicted octanol–water partition coefficient (Wildman–Crippen LogP) is 0.0850. The smallest absolute Gasteiger partial charge is 0.832 e. The topological polar surface area (TPSA) is 213 Å². The maximum absolute atomic E-state index is 9.62. The molecule has 0 aliphatic carbocycles. The van der Waals surface area contributed by atoms with Gasteiger partial charge in [0.2, 0.25) is 0 Å². The van der Waals surface area contributed by atoms with E-state index in [4.69, 9.17) is 175 Å². The number of carboxylic acid groups (broad SMARTS) is 4. The van der Waals surface area contributed by atoms with E-state index in [1.807, 2.05) is 0 Å². The SMILES string of the molecule is O=C(O)C(Cl)(Cl)Cl.O=C(O)C(Cl)(Cl)Cl.O=C(O)C(Cl)(Cl)Cl.O=C(O)C(Cl)(Cl)Cl.[Li+].[O-]B(O)O. The molecule has 0 fully saturated rings. The van der Waals surface area contributed by atoms with Crippen molar-refractivity contribution in [2.45, 2.75) is 15.2 Å². The first-order valence-electron chi connectivity index (χ1n) is 5.73. The van der Waals surface area contributed by atoms with Crippen LogP contribution < -0.4 is 23.9 Å². The Morgan fingerprint density at radius 1 is 0.485 bits per heavy atom. The fraction of sp³-hybridized carbons (Fsp3) is 0.500. The molecule has 0 aliphatic rings. The Hall–Kier alpha value is 1.90. The van der Waals surface area contributed by atoms with Crippen molar-refractivity contribution in [3.63, 3.8) is 0 Å². The Kier molecular flexibility index (Phi) is 31.9. The zero-order valence-corrected chi connectivity index (χ0v) is 23.9. The third-order valence-corrected chi connectivity index (χ3v) is 2.91. The van der Waals surface area contributed by atoms with Gasteiger partial charge in [-0.3, -0.25) is 0 Å². The summed E-state index contributed by atoms with van der Waals surface area (Å²) in [7, 11) is -2.42. The Morgan fingerprint density at radius 3 is 0.515 bits per heavy atom. The Morgan fingerprint density at radius 2 is 0.515 bits per heavy atom. The summed E-state index contributed by atoms with van der Waals surface area (Å²) in [5.74, 6) is -5.84. The number of aliphatic carboxylic acids is 4. The molecule has 0 aromatic carbocycles. The molecule has 0 aromatic heterocycles. The van der Waals surface area contributed by atoms with Crippen molar-refractivity contribution in [2.24, 2.45) is 0 Å². The van der Waals surface area contributed by atoms with Gasteiger partial charge < -0.3 is 35.5 Å². The van der Waals surface area contributed by atoms with Crippen molar-refractivity contribution in [1.29, 1.82) is 0 Å². The molecule has 0 spiro atoms. The molecule has 192 valence electrons. The van der Waals surface area contributed by atoms with Crippen LogP contribution in [0.1, 0.15) is 0 Å². The fourth-order valence-electron chi connectivity index (χ4n) is 0. The van der Waals surface area contributed by atoms with Crippen molar-refractivity contribution in [3.05, 3.63) is 0 Å². The molecule has 6 N–H and O–H groups in total. The van der Waals surface area contributed by atoms with E-state index in [2.05, 4.69) is 0 Å². The number of hydrogen-bond acceptors (Lipinski definition) is 7. The normalized spacial score (nSPS) is 10.4. The van der Waals surface area contributed by atoms with E-state index in [0.29, 0.717) is 0 Å². The first kappa shape index (κ1) is 48.0. The standard InChI is InChI=1S/4C2HCl3O2.BH2O3.Li/c4*3-2(4,5)1(6)7;2-1(3)4;/h4*(H,6,7);2-3H;/q;;;;-1;+1. The summed E-state index contributed by atoms with van der Waals surface area (Å²) in [6, 6.07) is 0. The zero-order chi connectivity index (χ0) is 27.9. The van der Waals surface area contributed by atoms with Gasteiger partial charge in [-0.15, -0.1) is 0 Å². The summed E-state index contributed by atoms with van der Waals surface area (Å²) in [6.45, 7) is 0. The van der Waals surface area contributed by atoms with Crippen LogP contribution in [0.3, 0.4) is 0 Å². The summed E-state index contributed by atoms with van der Waals surface area (Å²) >= 11 is 57.6. The molecule has 33 heavy (non-hydrogen) atoms. The van der Waals surface area contributed by atoms with Crippen LogP contribution in [-0.4, -0.2) is 76.8 Å². The van der Waals surface area contributed by atoms with Crippen LogP contribution in [0.4, 0.5) is 0 Å². The van der Waals surface area contributed by atoms with Crippen LogP contribution in [-0.2, 0) is 19.2 Å². The minimum Gasteiger partial charge on any atom is -0.832 e. The first-order chi connectivity index (χ1) is 13.5. The summed E-state index contributed by atoms with van der Waals surface area (Å²) in [6.07, 6.45) is 0. The van der Waals surface area contributed by atoms with Crippen molar-refractivity contribution >= 4 is 170 Å². The van der Waals surface area contributed by atoms with E-state index in [1.54, 1.807) is 0 Å². The zero-order valence-electron chi connectivity index (χ0n) is 14.8. The van der Waals surface area contributed by atoms with Crippen molar-refractivity contribution < 1.29 is 73.5 Å². The maximum Gasteiger partial charge on any atom is 1.00 e. The molecular formula is C8H6BCl12LiO11. The third kappa shape index (κ3) is 51.4. The molecule has 25 heteroatoms. The van der Waals surface area contributed by atoms with Crippen LogP contribution in [0.15, 0.2) is 0 Å². The molecule has 0 rings (SSSR count). The van der Waals surface area contributed by atoms with Gasteiger partial charge in [0.25, 0.3) is 15.2 Å². The van der Waals surface area contributed by atoms with Gasteiger partial charge in [0.15, 0.2) is 0 Å². The van der Waals surface area contributed by atoms with E-state index in [9.17, 15) is 19.2 Å². The molecule has 0 unspecified atom stereocenters. The summed E-state index contributed by atoms with van der Waals surface area (Å²) in [5.41, 5.74) is 0. The van der Waals surface area contributed by atoms with Gasteiger partial charge in [-0.05, 0) is 0 Å². The number of carbonyl (C=O) groups is 4. The van der Waals surface area contributed by atoms with Crippen LogP contribution in [0, 0.1) is 0 Å². The Bertz CT molecular complexity index is 485. The largest absolute Gasteiger partial charge is 1.00 e. The second-order valence-electron chi connectivity index (χ2n) is 3.54. The summed E-state index contributed by atoms with van der Waals surface area (Å²) in [4.78, 5) is 38.5. The van der Waals surface area contributed by atoms with E-state index in [1.165, 1.54) is 0 Å². The number of hydrogen-bond donors (Lipinski definition) is 6. The van der Waals surface area contributed by atoms with E-state index in [0.717, 1.165) is 0 Å². The molecule has 0 radical (unpaired) electrons. The molecular weight excluding hydrogens is 715 g/mol. The van der Waals surface area contributed by atoms with Gasteiger partial charge in [0.05, 0.1) is 0 Å². The van der Waals surface area contributed by atoms with Crippen LogP contribution in [0.25, 0.3) is 0 Å². The number of alkyl halides is 12. The van der Waals surface area contributed by atoms with Crippen LogP contribution >= 0.6 is 139 Å². The molecule has 11 nitrogen and oxygen atoms in total. The minimum absolute atomic E-state index is 0. The quantitative estimate of drug-likeness (QED) is 0.146. The molecule has 0 heterocycles. The molecule has 0 saturated carbocycles. The number of halogens is 12. The second kappa shape index (κ2) is 21.9. The number of rotatable bonds is 0. The molecule has 0 aliphatic heterocycles. The van der Waals surface area contributed by atoms with Gasteiger partial charge in [-0.2, -0.15) is 0 Å². The van der Waals surface area contributed by atoms with Crippen LogP contribution in [0.5, 0.6) is 0 Å². The molecule has 0 bridgehead atoms. The Balaban J connectivity index is -0.0000000693. The Labute approximate surface area is 256 Å². The summed E-state index contributed by atoms with van der Waals surface area (Å²) < 4.78 is -8.67. The van der Waals surface area contributed by atoms with Gasteiger partial charge >= 0.3 is 50.1 Å². The van der Waals surface area contributed by atoms with Crippen molar-refractivity contribution in [3.8, 4) is 0 Å². The molecule has 0 atom stereocenters. The van der Waals surface area contributed by atoms with Gasteiger partial charge in [-0.1, -0.05) is 139 Å². The average Bonchev–Trinajstić information content (AvgIpc) is 2.44. The average molecular weight is 721 g/mol. The third-order valence-electron chi connectivity index (χ3n) is 0.970.